The molecule has 1 aliphatic heterocycles. The molecule has 0 unspecified atom stereocenters. The standard InChI is InChI=1S/C20H23FN2O4S/c1-13-11-16(12-14(2)19(13)27-3)22-20(24)18-5-4-10-23(18)28(25,26)17-8-6-15(21)7-9-17/h6-9,11-12,18H,4-5,10H2,1-3H3,(H,22,24)/t18-/m0/s1. The van der Waals surface area contributed by atoms with Gasteiger partial charge in [0.2, 0.25) is 15.9 Å². The maximum absolute atomic E-state index is 13.1. The largest absolute Gasteiger partial charge is 0.496 e. The molecule has 2 aromatic carbocycles. The Kier molecular flexibility index (Phi) is 5.71. The third kappa shape index (κ3) is 3.88. The molecule has 0 radical (unpaired) electrons. The molecule has 1 N–H and O–H groups in total. The SMILES string of the molecule is COc1c(C)cc(NC(=O)[C@@H]2CCCN2S(=O)(=O)c2ccc(F)cc2)cc1C. The van der Waals surface area contributed by atoms with E-state index in [9.17, 15) is 17.6 Å². The number of aryl methyl sites for hydroxylation is 2. The van der Waals surface area contributed by atoms with Crippen molar-refractivity contribution in [3.05, 3.63) is 53.3 Å². The Morgan fingerprint density at radius 1 is 1.18 bits per heavy atom. The maximum Gasteiger partial charge on any atom is 0.243 e. The smallest absolute Gasteiger partial charge is 0.243 e. The van der Waals surface area contributed by atoms with Crippen molar-refractivity contribution in [3.63, 3.8) is 0 Å². The van der Waals surface area contributed by atoms with Crippen molar-refractivity contribution in [2.45, 2.75) is 37.6 Å². The Morgan fingerprint density at radius 2 is 1.79 bits per heavy atom. The van der Waals surface area contributed by atoms with Gasteiger partial charge in [-0.1, -0.05) is 0 Å². The molecule has 8 heteroatoms. The molecule has 1 atom stereocenters. The highest BCUT2D eigenvalue weighted by Crippen LogP contribution is 2.29. The molecule has 150 valence electrons. The Bertz CT molecular complexity index is 967. The number of sulfonamides is 1. The fourth-order valence-electron chi connectivity index (χ4n) is 3.60. The van der Waals surface area contributed by atoms with Gasteiger partial charge in [-0.05, 0) is 74.2 Å². The Balaban J connectivity index is 1.83. The van der Waals surface area contributed by atoms with Crippen molar-refractivity contribution in [1.29, 1.82) is 0 Å². The lowest BCUT2D eigenvalue weighted by molar-refractivity contribution is -0.119. The highest BCUT2D eigenvalue weighted by atomic mass is 32.2. The number of nitrogens with zero attached hydrogens (tertiary/aromatic N) is 1. The Morgan fingerprint density at radius 3 is 2.36 bits per heavy atom. The highest BCUT2D eigenvalue weighted by Gasteiger charge is 2.39. The number of benzene rings is 2. The number of ether oxygens (including phenoxy) is 1. The number of methoxy groups -OCH3 is 1. The quantitative estimate of drug-likeness (QED) is 0.827. The van der Waals surface area contributed by atoms with Gasteiger partial charge in [0.05, 0.1) is 12.0 Å². The summed E-state index contributed by atoms with van der Waals surface area (Å²) < 4.78 is 45.5. The minimum atomic E-state index is -3.88. The second-order valence-electron chi connectivity index (χ2n) is 6.86. The van der Waals surface area contributed by atoms with Gasteiger partial charge in [0.25, 0.3) is 0 Å². The summed E-state index contributed by atoms with van der Waals surface area (Å²) in [6.45, 7) is 4.00. The summed E-state index contributed by atoms with van der Waals surface area (Å²) >= 11 is 0. The van der Waals surface area contributed by atoms with E-state index in [2.05, 4.69) is 5.32 Å². The number of rotatable bonds is 5. The molecule has 2 aromatic rings. The van der Waals surface area contributed by atoms with E-state index in [4.69, 9.17) is 4.74 Å². The summed E-state index contributed by atoms with van der Waals surface area (Å²) in [4.78, 5) is 12.8. The maximum atomic E-state index is 13.1. The highest BCUT2D eigenvalue weighted by molar-refractivity contribution is 7.89. The molecule has 3 rings (SSSR count). The second-order valence-corrected chi connectivity index (χ2v) is 8.75. The Labute approximate surface area is 164 Å². The first-order valence-electron chi connectivity index (χ1n) is 8.97. The van der Waals surface area contributed by atoms with E-state index in [1.807, 2.05) is 13.8 Å². The fourth-order valence-corrected chi connectivity index (χ4v) is 5.26. The first kappa shape index (κ1) is 20.3. The van der Waals surface area contributed by atoms with Crippen molar-refractivity contribution in [3.8, 4) is 5.75 Å². The molecule has 0 saturated carbocycles. The number of nitrogens with one attached hydrogen (secondary N) is 1. The van der Waals surface area contributed by atoms with Gasteiger partial charge in [0, 0.05) is 12.2 Å². The van der Waals surface area contributed by atoms with Gasteiger partial charge < -0.3 is 10.1 Å². The van der Waals surface area contributed by atoms with Crippen molar-refractivity contribution < 1.29 is 22.3 Å². The fraction of sp³-hybridized carbons (Fsp3) is 0.350. The van der Waals surface area contributed by atoms with Crippen molar-refractivity contribution in [2.24, 2.45) is 0 Å². The number of hydrogen-bond acceptors (Lipinski definition) is 4. The minimum absolute atomic E-state index is 0.0234. The molecule has 0 spiro atoms. The second kappa shape index (κ2) is 7.89. The number of anilines is 1. The molecule has 1 heterocycles. The molecular formula is C20H23FN2O4S. The zero-order valence-corrected chi connectivity index (χ0v) is 16.8. The number of carbonyl (C=O) groups excluding carboxylic acids is 1. The van der Waals surface area contributed by atoms with Gasteiger partial charge in [-0.3, -0.25) is 4.79 Å². The average molecular weight is 406 g/mol. The zero-order chi connectivity index (χ0) is 20.5. The summed E-state index contributed by atoms with van der Waals surface area (Å²) in [6.07, 6.45) is 1.01. The van der Waals surface area contributed by atoms with E-state index < -0.39 is 21.9 Å². The number of carbonyl (C=O) groups is 1. The normalized spacial score (nSPS) is 17.5. The van der Waals surface area contributed by atoms with E-state index in [1.165, 1.54) is 16.4 Å². The van der Waals surface area contributed by atoms with Crippen LogP contribution in [-0.2, 0) is 14.8 Å². The van der Waals surface area contributed by atoms with E-state index in [0.717, 1.165) is 29.0 Å². The van der Waals surface area contributed by atoms with Gasteiger partial charge in [-0.2, -0.15) is 4.31 Å². The minimum Gasteiger partial charge on any atom is -0.496 e. The van der Waals surface area contributed by atoms with Crippen LogP contribution < -0.4 is 10.1 Å². The van der Waals surface area contributed by atoms with Crippen LogP contribution in [0.4, 0.5) is 10.1 Å². The summed E-state index contributed by atoms with van der Waals surface area (Å²) in [5.74, 6) is -0.147. The van der Waals surface area contributed by atoms with Crippen LogP contribution in [0, 0.1) is 19.7 Å². The first-order valence-corrected chi connectivity index (χ1v) is 10.4. The molecule has 1 aliphatic rings. The molecule has 0 bridgehead atoms. The van der Waals surface area contributed by atoms with Crippen LogP contribution in [0.25, 0.3) is 0 Å². The predicted molar refractivity (Wildman–Crippen MR) is 104 cm³/mol. The number of hydrogen-bond donors (Lipinski definition) is 1. The van der Waals surface area contributed by atoms with E-state index in [1.54, 1.807) is 19.2 Å². The van der Waals surface area contributed by atoms with Crippen LogP contribution in [0.3, 0.4) is 0 Å². The summed E-state index contributed by atoms with van der Waals surface area (Å²) in [5.41, 5.74) is 2.34. The molecule has 1 amide bonds. The molecule has 1 saturated heterocycles. The molecule has 1 fully saturated rings. The van der Waals surface area contributed by atoms with Crippen LogP contribution in [0.2, 0.25) is 0 Å². The molecule has 0 aliphatic carbocycles. The number of halogens is 1. The molecule has 28 heavy (non-hydrogen) atoms. The number of amides is 1. The predicted octanol–water partition coefficient (Wildman–Crippen LogP) is 3.24. The van der Waals surface area contributed by atoms with Crippen LogP contribution in [-0.4, -0.2) is 38.3 Å². The lowest BCUT2D eigenvalue weighted by atomic mass is 10.1. The van der Waals surface area contributed by atoms with Gasteiger partial charge >= 0.3 is 0 Å². The third-order valence-electron chi connectivity index (χ3n) is 4.86. The van der Waals surface area contributed by atoms with Crippen molar-refractivity contribution in [2.75, 3.05) is 19.0 Å². The topological polar surface area (TPSA) is 75.7 Å². The van der Waals surface area contributed by atoms with Crippen LogP contribution in [0.15, 0.2) is 41.3 Å². The Hall–Kier alpha value is -2.45. The average Bonchev–Trinajstić information content (AvgIpc) is 3.12. The van der Waals surface area contributed by atoms with Crippen molar-refractivity contribution >= 4 is 21.6 Å². The first-order chi connectivity index (χ1) is 13.2. The van der Waals surface area contributed by atoms with E-state index in [-0.39, 0.29) is 17.3 Å². The molecule has 0 aromatic heterocycles. The van der Waals surface area contributed by atoms with Crippen molar-refractivity contribution in [1.82, 2.24) is 4.31 Å². The lowest BCUT2D eigenvalue weighted by Gasteiger charge is -2.23. The molecule has 6 nitrogen and oxygen atoms in total. The van der Waals surface area contributed by atoms with Crippen LogP contribution >= 0.6 is 0 Å². The lowest BCUT2D eigenvalue weighted by Crippen LogP contribution is -2.43. The zero-order valence-electron chi connectivity index (χ0n) is 16.0. The summed E-state index contributed by atoms with van der Waals surface area (Å²) in [7, 11) is -2.30. The third-order valence-corrected chi connectivity index (χ3v) is 6.78. The molecular weight excluding hydrogens is 383 g/mol. The summed E-state index contributed by atoms with van der Waals surface area (Å²) in [6, 6.07) is 7.40. The van der Waals surface area contributed by atoms with Gasteiger partial charge in [0.15, 0.2) is 0 Å². The van der Waals surface area contributed by atoms with Gasteiger partial charge in [-0.25, -0.2) is 12.8 Å². The van der Waals surface area contributed by atoms with E-state index in [0.29, 0.717) is 18.5 Å². The van der Waals surface area contributed by atoms with E-state index >= 15 is 0 Å². The van der Waals surface area contributed by atoms with Crippen LogP contribution in [0.1, 0.15) is 24.0 Å². The monoisotopic (exact) mass is 406 g/mol. The summed E-state index contributed by atoms with van der Waals surface area (Å²) in [5, 5.41) is 2.82. The van der Waals surface area contributed by atoms with Crippen LogP contribution in [0.5, 0.6) is 5.75 Å². The van der Waals surface area contributed by atoms with Gasteiger partial charge in [-0.15, -0.1) is 0 Å². The van der Waals surface area contributed by atoms with Gasteiger partial charge in [0.1, 0.15) is 17.6 Å².